The van der Waals surface area contributed by atoms with Gasteiger partial charge in [0.2, 0.25) is 11.8 Å². The highest BCUT2D eigenvalue weighted by Crippen LogP contribution is 2.29. The number of sulfone groups is 1. The van der Waals surface area contributed by atoms with Crippen molar-refractivity contribution < 1.29 is 41.4 Å². The molecule has 2 rings (SSSR count). The Morgan fingerprint density at radius 3 is 2.28 bits per heavy atom. The number of carbonyl (C=O) groups excluding carboxylic acids is 2. The van der Waals surface area contributed by atoms with Crippen LogP contribution in [0.2, 0.25) is 0 Å². The maximum Gasteiger partial charge on any atom is 0.401 e. The molecule has 0 heterocycles. The van der Waals surface area contributed by atoms with E-state index in [4.69, 9.17) is 6.42 Å². The van der Waals surface area contributed by atoms with Crippen LogP contribution < -0.4 is 16.0 Å². The van der Waals surface area contributed by atoms with Gasteiger partial charge in [0.25, 0.3) is 0 Å². The Morgan fingerprint density at radius 2 is 1.70 bits per heavy atom. The van der Waals surface area contributed by atoms with Gasteiger partial charge in [-0.2, -0.15) is 13.2 Å². The predicted molar refractivity (Wildman–Crippen MR) is 171 cm³/mol. The minimum absolute atomic E-state index is 0.00328. The highest BCUT2D eigenvalue weighted by Gasteiger charge is 2.34. The smallest absolute Gasteiger partial charge is 0.390 e. The Hall–Kier alpha value is -2.66. The molecule has 0 aliphatic heterocycles. The molecule has 46 heavy (non-hydrogen) atoms. The number of aliphatic hydroxyl groups excluding tert-OH is 2. The van der Waals surface area contributed by atoms with Gasteiger partial charge in [-0.1, -0.05) is 76.3 Å². The molecule has 1 aliphatic rings. The fourth-order valence-corrected chi connectivity index (χ4v) is 7.33. The Morgan fingerprint density at radius 1 is 1.04 bits per heavy atom. The summed E-state index contributed by atoms with van der Waals surface area (Å²) < 4.78 is 63.2. The van der Waals surface area contributed by atoms with E-state index < -0.39 is 82.6 Å². The molecule has 260 valence electrons. The molecule has 0 spiro atoms. The molecule has 2 amide bonds. The summed E-state index contributed by atoms with van der Waals surface area (Å²) in [6.07, 6.45) is 4.31. The van der Waals surface area contributed by atoms with Crippen LogP contribution in [-0.2, 0) is 25.8 Å². The quantitative estimate of drug-likeness (QED) is 0.112. The average molecular weight is 674 g/mol. The summed E-state index contributed by atoms with van der Waals surface area (Å²) in [7, 11) is -3.99. The SMILES string of the molecule is C#CC[C@H](NC(=O)C(Cc1ccccc1)CS(=O)(=O)CCNCC(F)(F)F)C(=O)NC(CC1CCCCC1)[C@@H](O)[C@@H](O)CC(C)C. The van der Waals surface area contributed by atoms with Crippen LogP contribution in [0.3, 0.4) is 0 Å². The molecule has 13 heteroatoms. The van der Waals surface area contributed by atoms with Crippen molar-refractivity contribution in [1.82, 2.24) is 16.0 Å². The summed E-state index contributed by atoms with van der Waals surface area (Å²) in [5.74, 6) is -1.15. The van der Waals surface area contributed by atoms with Gasteiger partial charge in [0.1, 0.15) is 12.1 Å². The van der Waals surface area contributed by atoms with E-state index in [9.17, 15) is 41.4 Å². The van der Waals surface area contributed by atoms with Gasteiger partial charge in [-0.3, -0.25) is 9.59 Å². The number of aliphatic hydroxyl groups is 2. The molecule has 2 unspecified atom stereocenters. The molecule has 1 saturated carbocycles. The second kappa shape index (κ2) is 19.2. The monoisotopic (exact) mass is 673 g/mol. The number of alkyl halides is 3. The van der Waals surface area contributed by atoms with Gasteiger partial charge < -0.3 is 26.2 Å². The van der Waals surface area contributed by atoms with Gasteiger partial charge in [0.05, 0.1) is 36.1 Å². The fraction of sp³-hybridized carbons (Fsp3) is 0.697. The molecule has 1 aromatic carbocycles. The first-order valence-electron chi connectivity index (χ1n) is 16.0. The number of nitrogens with one attached hydrogen (secondary N) is 3. The van der Waals surface area contributed by atoms with Crippen molar-refractivity contribution in [1.29, 1.82) is 0 Å². The summed E-state index contributed by atoms with van der Waals surface area (Å²) in [5, 5.41) is 29.3. The Balaban J connectivity index is 2.21. The minimum Gasteiger partial charge on any atom is -0.390 e. The maximum absolute atomic E-state index is 13.6. The maximum atomic E-state index is 13.6. The molecule has 1 fully saturated rings. The molecule has 0 aromatic heterocycles. The standard InChI is InChI=1S/C33H50F3N3O6S/c1-4-11-27(32(43)39-28(20-25-14-9-6-10-15-25)30(41)29(40)18-23(2)3)38-31(42)26(19-24-12-7-5-8-13-24)21-46(44,45)17-16-37-22-33(34,35)36/h1,5,7-8,12-13,23,25-30,37,40-41H,6,9-11,14-22H2,2-3H3,(H,38,42)(H,39,43)/t26?,27-,28?,29-,30+/m0/s1. The molecular formula is C33H50F3N3O6S. The summed E-state index contributed by atoms with van der Waals surface area (Å²) in [4.78, 5) is 27.1. The lowest BCUT2D eigenvalue weighted by Crippen LogP contribution is -2.56. The van der Waals surface area contributed by atoms with Crippen LogP contribution in [0, 0.1) is 30.1 Å². The third-order valence-electron chi connectivity index (χ3n) is 8.18. The van der Waals surface area contributed by atoms with Crippen molar-refractivity contribution in [2.45, 2.75) is 102 Å². The average Bonchev–Trinajstić information content (AvgIpc) is 2.98. The molecule has 0 radical (unpaired) electrons. The fourth-order valence-electron chi connectivity index (χ4n) is 5.83. The van der Waals surface area contributed by atoms with Gasteiger partial charge in [-0.25, -0.2) is 8.42 Å². The van der Waals surface area contributed by atoms with Crippen LogP contribution in [0.1, 0.15) is 70.8 Å². The number of benzene rings is 1. The molecule has 5 atom stereocenters. The third kappa shape index (κ3) is 15.3. The van der Waals surface area contributed by atoms with Crippen LogP contribution in [0.4, 0.5) is 13.2 Å². The number of rotatable bonds is 19. The van der Waals surface area contributed by atoms with E-state index in [-0.39, 0.29) is 24.7 Å². The largest absolute Gasteiger partial charge is 0.401 e. The van der Waals surface area contributed by atoms with Crippen molar-refractivity contribution in [2.24, 2.45) is 17.8 Å². The second-order valence-corrected chi connectivity index (χ2v) is 15.0. The molecule has 0 saturated heterocycles. The van der Waals surface area contributed by atoms with E-state index in [0.717, 1.165) is 32.1 Å². The Kier molecular flexibility index (Phi) is 16.5. The molecule has 1 aliphatic carbocycles. The first-order chi connectivity index (χ1) is 21.6. The summed E-state index contributed by atoms with van der Waals surface area (Å²) >= 11 is 0. The van der Waals surface area contributed by atoms with Crippen molar-refractivity contribution in [3.63, 3.8) is 0 Å². The van der Waals surface area contributed by atoms with E-state index in [1.807, 2.05) is 13.8 Å². The van der Waals surface area contributed by atoms with Crippen LogP contribution in [0.5, 0.6) is 0 Å². The molecule has 9 nitrogen and oxygen atoms in total. The second-order valence-electron chi connectivity index (χ2n) is 12.8. The topological polar surface area (TPSA) is 145 Å². The zero-order valence-corrected chi connectivity index (χ0v) is 27.6. The highest BCUT2D eigenvalue weighted by molar-refractivity contribution is 7.91. The number of amides is 2. The molecule has 5 N–H and O–H groups in total. The van der Waals surface area contributed by atoms with Crippen molar-refractivity contribution >= 4 is 21.7 Å². The van der Waals surface area contributed by atoms with E-state index in [2.05, 4.69) is 21.9 Å². The Labute approximate surface area is 271 Å². The normalized spacial score (nSPS) is 17.8. The first kappa shape index (κ1) is 39.5. The van der Waals surface area contributed by atoms with Crippen molar-refractivity contribution in [2.75, 3.05) is 24.6 Å². The molecule has 1 aromatic rings. The zero-order valence-electron chi connectivity index (χ0n) is 26.8. The van der Waals surface area contributed by atoms with Crippen molar-refractivity contribution in [3.8, 4) is 12.3 Å². The highest BCUT2D eigenvalue weighted by atomic mass is 32.2. The van der Waals surface area contributed by atoms with Gasteiger partial charge in [-0.05, 0) is 36.7 Å². The van der Waals surface area contributed by atoms with E-state index in [1.54, 1.807) is 30.3 Å². The van der Waals surface area contributed by atoms with Crippen LogP contribution in [0.15, 0.2) is 30.3 Å². The van der Waals surface area contributed by atoms with Gasteiger partial charge in [-0.15, -0.1) is 12.3 Å². The van der Waals surface area contributed by atoms with Gasteiger partial charge >= 0.3 is 6.18 Å². The lowest BCUT2D eigenvalue weighted by Gasteiger charge is -2.33. The number of hydrogen-bond donors (Lipinski definition) is 5. The summed E-state index contributed by atoms with van der Waals surface area (Å²) in [6.45, 7) is 2.03. The number of halogens is 3. The predicted octanol–water partition coefficient (Wildman–Crippen LogP) is 3.14. The lowest BCUT2D eigenvalue weighted by atomic mass is 9.82. The molecular weight excluding hydrogens is 623 g/mol. The first-order valence-corrected chi connectivity index (χ1v) is 17.8. The number of hydrogen-bond acceptors (Lipinski definition) is 7. The molecule has 0 bridgehead atoms. The van der Waals surface area contributed by atoms with E-state index in [0.29, 0.717) is 18.4 Å². The summed E-state index contributed by atoms with van der Waals surface area (Å²) in [6, 6.07) is 6.57. The van der Waals surface area contributed by atoms with E-state index in [1.165, 1.54) is 0 Å². The number of terminal acetylenes is 1. The van der Waals surface area contributed by atoms with Crippen LogP contribution >= 0.6 is 0 Å². The van der Waals surface area contributed by atoms with Crippen LogP contribution in [-0.4, -0.2) is 85.5 Å². The zero-order chi connectivity index (χ0) is 34.3. The van der Waals surface area contributed by atoms with E-state index >= 15 is 0 Å². The minimum atomic E-state index is -4.50. The van der Waals surface area contributed by atoms with Gasteiger partial charge in [0.15, 0.2) is 9.84 Å². The summed E-state index contributed by atoms with van der Waals surface area (Å²) in [5.41, 5.74) is 0.654. The number of carbonyl (C=O) groups is 2. The van der Waals surface area contributed by atoms with Gasteiger partial charge in [0, 0.05) is 13.0 Å². The van der Waals surface area contributed by atoms with Crippen LogP contribution in [0.25, 0.3) is 0 Å². The third-order valence-corrected chi connectivity index (χ3v) is 9.92. The Bertz CT molecular complexity index is 1220. The lowest BCUT2D eigenvalue weighted by molar-refractivity contribution is -0.132. The van der Waals surface area contributed by atoms with Crippen molar-refractivity contribution in [3.05, 3.63) is 35.9 Å².